The van der Waals surface area contributed by atoms with Gasteiger partial charge in [0, 0.05) is 50.0 Å². The standard InChI is InChI=1S/C21H21FN4O/c1-26(13-9-16-6-10-23-11-7-16)18-8-12-24-20(14-18)21(27)25-15-17-4-2-3-5-19(17)22/h2-8,10-12,14H,9,13,15H2,1H3,(H,25,27). The summed E-state index contributed by atoms with van der Waals surface area (Å²) in [5.74, 6) is -0.669. The van der Waals surface area contributed by atoms with Gasteiger partial charge in [-0.25, -0.2) is 4.39 Å². The number of hydrogen-bond acceptors (Lipinski definition) is 4. The van der Waals surface area contributed by atoms with E-state index in [2.05, 4.69) is 20.2 Å². The van der Waals surface area contributed by atoms with Crippen LogP contribution in [0.1, 0.15) is 21.6 Å². The van der Waals surface area contributed by atoms with Gasteiger partial charge in [0.2, 0.25) is 0 Å². The van der Waals surface area contributed by atoms with Gasteiger partial charge in [0.1, 0.15) is 11.5 Å². The lowest BCUT2D eigenvalue weighted by Crippen LogP contribution is -2.25. The van der Waals surface area contributed by atoms with Crippen LogP contribution in [0.25, 0.3) is 0 Å². The molecule has 2 heterocycles. The molecule has 1 amide bonds. The summed E-state index contributed by atoms with van der Waals surface area (Å²) in [4.78, 5) is 22.6. The normalized spacial score (nSPS) is 10.4. The molecule has 138 valence electrons. The number of carbonyl (C=O) groups excluding carboxylic acids is 1. The minimum atomic E-state index is -0.338. The first kappa shape index (κ1) is 18.5. The van der Waals surface area contributed by atoms with Crippen molar-refractivity contribution in [1.82, 2.24) is 15.3 Å². The summed E-state index contributed by atoms with van der Waals surface area (Å²) in [5.41, 5.74) is 2.85. The first-order valence-electron chi connectivity index (χ1n) is 8.71. The lowest BCUT2D eigenvalue weighted by Gasteiger charge is -2.19. The molecule has 1 N–H and O–H groups in total. The summed E-state index contributed by atoms with van der Waals surface area (Å²) in [6.45, 7) is 0.916. The van der Waals surface area contributed by atoms with E-state index in [0.29, 0.717) is 11.3 Å². The van der Waals surface area contributed by atoms with Crippen LogP contribution in [0, 0.1) is 5.82 Å². The van der Waals surface area contributed by atoms with Crippen molar-refractivity contribution in [3.05, 3.63) is 89.8 Å². The Morgan fingerprint density at radius 1 is 1.11 bits per heavy atom. The van der Waals surface area contributed by atoms with Crippen LogP contribution in [0.2, 0.25) is 0 Å². The zero-order chi connectivity index (χ0) is 19.1. The number of nitrogens with zero attached hydrogens (tertiary/aromatic N) is 3. The van der Waals surface area contributed by atoms with Gasteiger partial charge >= 0.3 is 0 Å². The fraction of sp³-hybridized carbons (Fsp3) is 0.190. The van der Waals surface area contributed by atoms with Gasteiger partial charge in [0.15, 0.2) is 0 Å². The SMILES string of the molecule is CN(CCc1ccncc1)c1ccnc(C(=O)NCc2ccccc2F)c1. The molecule has 0 aliphatic carbocycles. The molecule has 3 aromatic rings. The number of aromatic nitrogens is 2. The Morgan fingerprint density at radius 2 is 1.89 bits per heavy atom. The monoisotopic (exact) mass is 364 g/mol. The quantitative estimate of drug-likeness (QED) is 0.699. The molecule has 0 spiro atoms. The van der Waals surface area contributed by atoms with Crippen molar-refractivity contribution in [2.75, 3.05) is 18.5 Å². The largest absolute Gasteiger partial charge is 0.374 e. The zero-order valence-corrected chi connectivity index (χ0v) is 15.1. The van der Waals surface area contributed by atoms with Crippen molar-refractivity contribution in [2.24, 2.45) is 0 Å². The summed E-state index contributed by atoms with van der Waals surface area (Å²) in [7, 11) is 1.97. The molecule has 0 aliphatic heterocycles. The van der Waals surface area contributed by atoms with Crippen LogP contribution >= 0.6 is 0 Å². The molecule has 0 aliphatic rings. The minimum Gasteiger partial charge on any atom is -0.374 e. The predicted octanol–water partition coefficient (Wildman–Crippen LogP) is 3.22. The van der Waals surface area contributed by atoms with Gasteiger partial charge in [-0.15, -0.1) is 0 Å². The van der Waals surface area contributed by atoms with Crippen LogP contribution in [0.3, 0.4) is 0 Å². The second-order valence-corrected chi connectivity index (χ2v) is 6.20. The lowest BCUT2D eigenvalue weighted by molar-refractivity contribution is 0.0945. The highest BCUT2D eigenvalue weighted by atomic mass is 19.1. The Kier molecular flexibility index (Phi) is 6.10. The smallest absolute Gasteiger partial charge is 0.270 e. The summed E-state index contributed by atoms with van der Waals surface area (Å²) in [6.07, 6.45) is 6.03. The van der Waals surface area contributed by atoms with E-state index < -0.39 is 0 Å². The van der Waals surface area contributed by atoms with E-state index in [1.807, 2.05) is 25.2 Å². The Balaban J connectivity index is 1.60. The summed E-state index contributed by atoms with van der Waals surface area (Å²) < 4.78 is 13.7. The highest BCUT2D eigenvalue weighted by Crippen LogP contribution is 2.14. The number of nitrogens with one attached hydrogen (secondary N) is 1. The number of likely N-dealkylation sites (N-methyl/N-ethyl adjacent to an activating group) is 1. The van der Waals surface area contributed by atoms with E-state index >= 15 is 0 Å². The molecule has 0 radical (unpaired) electrons. The number of pyridine rings is 2. The average Bonchev–Trinajstić information content (AvgIpc) is 2.72. The van der Waals surface area contributed by atoms with E-state index in [4.69, 9.17) is 0 Å². The lowest BCUT2D eigenvalue weighted by atomic mass is 10.2. The maximum atomic E-state index is 13.7. The molecular formula is C21H21FN4O. The molecule has 5 nitrogen and oxygen atoms in total. The fourth-order valence-corrected chi connectivity index (χ4v) is 2.66. The third-order valence-electron chi connectivity index (χ3n) is 4.30. The van der Waals surface area contributed by atoms with Crippen LogP contribution in [-0.4, -0.2) is 29.5 Å². The maximum Gasteiger partial charge on any atom is 0.270 e. The van der Waals surface area contributed by atoms with Crippen LogP contribution in [0.4, 0.5) is 10.1 Å². The highest BCUT2D eigenvalue weighted by Gasteiger charge is 2.11. The Morgan fingerprint density at radius 3 is 2.67 bits per heavy atom. The first-order valence-corrected chi connectivity index (χ1v) is 8.71. The molecule has 27 heavy (non-hydrogen) atoms. The molecule has 0 saturated carbocycles. The van der Waals surface area contributed by atoms with Crippen LogP contribution in [0.15, 0.2) is 67.1 Å². The summed E-state index contributed by atoms with van der Waals surface area (Å²) in [5, 5.41) is 2.71. The van der Waals surface area contributed by atoms with Crippen molar-refractivity contribution >= 4 is 11.6 Å². The topological polar surface area (TPSA) is 58.1 Å². The van der Waals surface area contributed by atoms with Crippen LogP contribution < -0.4 is 10.2 Å². The van der Waals surface area contributed by atoms with Gasteiger partial charge in [-0.1, -0.05) is 18.2 Å². The number of benzene rings is 1. The fourth-order valence-electron chi connectivity index (χ4n) is 2.66. The molecule has 0 unspecified atom stereocenters. The molecule has 0 saturated heterocycles. The van der Waals surface area contributed by atoms with Gasteiger partial charge in [-0.2, -0.15) is 0 Å². The van der Waals surface area contributed by atoms with Gasteiger partial charge in [-0.3, -0.25) is 14.8 Å². The third kappa shape index (κ3) is 5.10. The number of amides is 1. The van der Waals surface area contributed by atoms with Crippen LogP contribution in [-0.2, 0) is 13.0 Å². The average molecular weight is 364 g/mol. The molecule has 1 aromatic carbocycles. The van der Waals surface area contributed by atoms with E-state index in [1.165, 1.54) is 11.6 Å². The minimum absolute atomic E-state index is 0.120. The van der Waals surface area contributed by atoms with Crippen molar-refractivity contribution in [1.29, 1.82) is 0 Å². The predicted molar refractivity (Wildman–Crippen MR) is 103 cm³/mol. The molecule has 6 heteroatoms. The van der Waals surface area contributed by atoms with E-state index in [1.54, 1.807) is 42.9 Å². The molecule has 0 bridgehead atoms. The molecular weight excluding hydrogens is 343 g/mol. The highest BCUT2D eigenvalue weighted by molar-refractivity contribution is 5.93. The number of carbonyl (C=O) groups is 1. The Labute approximate surface area is 157 Å². The first-order chi connectivity index (χ1) is 13.1. The summed E-state index contributed by atoms with van der Waals surface area (Å²) >= 11 is 0. The summed E-state index contributed by atoms with van der Waals surface area (Å²) in [6, 6.07) is 14.0. The molecule has 0 atom stereocenters. The van der Waals surface area contributed by atoms with E-state index in [9.17, 15) is 9.18 Å². The van der Waals surface area contributed by atoms with Gasteiger partial charge in [-0.05, 0) is 42.3 Å². The Hall–Kier alpha value is -3.28. The van der Waals surface area contributed by atoms with Crippen molar-refractivity contribution in [2.45, 2.75) is 13.0 Å². The number of halogens is 1. The van der Waals surface area contributed by atoms with E-state index in [0.717, 1.165) is 18.7 Å². The van der Waals surface area contributed by atoms with Gasteiger partial charge < -0.3 is 10.2 Å². The number of anilines is 1. The number of hydrogen-bond donors (Lipinski definition) is 1. The van der Waals surface area contributed by atoms with Gasteiger partial charge in [0.25, 0.3) is 5.91 Å². The van der Waals surface area contributed by atoms with Crippen LogP contribution in [0.5, 0.6) is 0 Å². The van der Waals surface area contributed by atoms with Crippen molar-refractivity contribution < 1.29 is 9.18 Å². The molecule has 2 aromatic heterocycles. The third-order valence-corrected chi connectivity index (χ3v) is 4.30. The van der Waals surface area contributed by atoms with Crippen molar-refractivity contribution in [3.63, 3.8) is 0 Å². The van der Waals surface area contributed by atoms with E-state index in [-0.39, 0.29) is 18.3 Å². The van der Waals surface area contributed by atoms with Crippen molar-refractivity contribution in [3.8, 4) is 0 Å². The second-order valence-electron chi connectivity index (χ2n) is 6.20. The van der Waals surface area contributed by atoms with Gasteiger partial charge in [0.05, 0.1) is 0 Å². The Bertz CT molecular complexity index is 901. The molecule has 3 rings (SSSR count). The number of rotatable bonds is 7. The maximum absolute atomic E-state index is 13.7. The molecule has 0 fully saturated rings. The second kappa shape index (κ2) is 8.89. The zero-order valence-electron chi connectivity index (χ0n) is 15.1.